The van der Waals surface area contributed by atoms with Gasteiger partial charge in [-0.05, 0) is 48.9 Å². The number of carbonyl (C=O) groups is 1. The van der Waals surface area contributed by atoms with Crippen molar-refractivity contribution in [3.05, 3.63) is 69.8 Å². The predicted octanol–water partition coefficient (Wildman–Crippen LogP) is 3.31. The number of rotatable bonds is 6. The molecule has 144 valence electrons. The van der Waals surface area contributed by atoms with Gasteiger partial charge in [0.15, 0.2) is 0 Å². The molecular weight excluding hydrogens is 365 g/mol. The molecular formula is C20H18FN3O4. The molecule has 2 N–H and O–H groups in total. The number of halogens is 1. The number of hydrogen-bond acceptors (Lipinski definition) is 5. The lowest BCUT2D eigenvalue weighted by molar-refractivity contribution is 0.0695. The van der Waals surface area contributed by atoms with Crippen molar-refractivity contribution in [1.29, 1.82) is 0 Å². The molecule has 3 rings (SSSR count). The first kappa shape index (κ1) is 19.1. The number of carboxylic acids is 1. The third-order valence-electron chi connectivity index (χ3n) is 4.25. The van der Waals surface area contributed by atoms with Crippen molar-refractivity contribution in [2.75, 3.05) is 12.5 Å². The van der Waals surface area contributed by atoms with Crippen LogP contribution in [0.4, 0.5) is 10.1 Å². The number of aryl methyl sites for hydroxylation is 1. The molecule has 8 heteroatoms. The van der Waals surface area contributed by atoms with E-state index in [1.165, 1.54) is 18.5 Å². The second-order valence-corrected chi connectivity index (χ2v) is 5.96. The van der Waals surface area contributed by atoms with Gasteiger partial charge in [-0.25, -0.2) is 9.18 Å². The van der Waals surface area contributed by atoms with Gasteiger partial charge >= 0.3 is 5.97 Å². The van der Waals surface area contributed by atoms with Crippen LogP contribution in [-0.2, 0) is 6.54 Å². The van der Waals surface area contributed by atoms with E-state index in [-0.39, 0.29) is 11.1 Å². The van der Waals surface area contributed by atoms with Gasteiger partial charge in [0, 0.05) is 18.1 Å². The lowest BCUT2D eigenvalue weighted by Crippen LogP contribution is -2.19. The van der Waals surface area contributed by atoms with Gasteiger partial charge in [-0.15, -0.1) is 0 Å². The van der Waals surface area contributed by atoms with Crippen LogP contribution in [-0.4, -0.2) is 29.0 Å². The van der Waals surface area contributed by atoms with Gasteiger partial charge in [-0.2, -0.15) is 5.10 Å². The highest BCUT2D eigenvalue weighted by Gasteiger charge is 2.16. The molecule has 2 aromatic carbocycles. The van der Waals surface area contributed by atoms with Gasteiger partial charge in [0.1, 0.15) is 17.1 Å². The summed E-state index contributed by atoms with van der Waals surface area (Å²) in [6, 6.07) is 9.61. The molecule has 28 heavy (non-hydrogen) atoms. The molecule has 0 saturated heterocycles. The maximum atomic E-state index is 14.4. The molecule has 7 nitrogen and oxygen atoms in total. The van der Waals surface area contributed by atoms with Crippen LogP contribution in [0.15, 0.2) is 52.5 Å². The maximum Gasteiger partial charge on any atom is 0.341 e. The van der Waals surface area contributed by atoms with Crippen LogP contribution in [0.25, 0.3) is 10.9 Å². The molecule has 0 aliphatic rings. The number of methoxy groups -OCH3 is 1. The fourth-order valence-corrected chi connectivity index (χ4v) is 2.78. The average Bonchev–Trinajstić information content (AvgIpc) is 2.69. The lowest BCUT2D eigenvalue weighted by Gasteiger charge is -2.12. The van der Waals surface area contributed by atoms with E-state index >= 15 is 0 Å². The maximum absolute atomic E-state index is 14.4. The van der Waals surface area contributed by atoms with E-state index in [0.29, 0.717) is 17.8 Å². The summed E-state index contributed by atoms with van der Waals surface area (Å²) in [7, 11) is 1.57. The summed E-state index contributed by atoms with van der Waals surface area (Å²) < 4.78 is 21.1. The first-order valence-electron chi connectivity index (χ1n) is 8.47. The van der Waals surface area contributed by atoms with E-state index in [0.717, 1.165) is 11.6 Å². The molecule has 1 heterocycles. The van der Waals surface area contributed by atoms with Crippen molar-refractivity contribution in [3.8, 4) is 5.75 Å². The molecule has 0 unspecified atom stereocenters. The zero-order valence-corrected chi connectivity index (χ0v) is 15.3. The van der Waals surface area contributed by atoms with Crippen LogP contribution in [0.1, 0.15) is 22.8 Å². The largest absolute Gasteiger partial charge is 0.497 e. The predicted molar refractivity (Wildman–Crippen MR) is 105 cm³/mol. The molecule has 3 aromatic rings. The third kappa shape index (κ3) is 3.71. The number of hydrogen-bond donors (Lipinski definition) is 2. The lowest BCUT2D eigenvalue weighted by atomic mass is 10.1. The monoisotopic (exact) mass is 383 g/mol. The quantitative estimate of drug-likeness (QED) is 0.503. The van der Waals surface area contributed by atoms with E-state index in [1.54, 1.807) is 42.9 Å². The Morgan fingerprint density at radius 3 is 2.64 bits per heavy atom. The topological polar surface area (TPSA) is 92.9 Å². The number of anilines is 1. The van der Waals surface area contributed by atoms with Crippen LogP contribution < -0.4 is 15.6 Å². The fourth-order valence-electron chi connectivity index (χ4n) is 2.78. The van der Waals surface area contributed by atoms with E-state index in [9.17, 15) is 19.1 Å². The zero-order chi connectivity index (χ0) is 20.3. The number of benzene rings is 2. The van der Waals surface area contributed by atoms with Crippen LogP contribution in [0.3, 0.4) is 0 Å². The number of pyridine rings is 1. The van der Waals surface area contributed by atoms with Crippen molar-refractivity contribution in [1.82, 2.24) is 4.57 Å². The molecule has 0 amide bonds. The Hall–Kier alpha value is -3.68. The minimum Gasteiger partial charge on any atom is -0.497 e. The zero-order valence-electron chi connectivity index (χ0n) is 15.3. The number of nitrogens with zero attached hydrogens (tertiary/aromatic N) is 2. The molecule has 0 radical (unpaired) electrons. The van der Waals surface area contributed by atoms with E-state index in [1.807, 2.05) is 0 Å². The number of hydrazone groups is 1. The van der Waals surface area contributed by atoms with Gasteiger partial charge in [0.05, 0.1) is 24.5 Å². The Morgan fingerprint density at radius 1 is 1.32 bits per heavy atom. The fraction of sp³-hybridized carbons (Fsp3) is 0.150. The molecule has 0 spiro atoms. The molecule has 0 fully saturated rings. The summed E-state index contributed by atoms with van der Waals surface area (Å²) in [5.41, 5.74) is 2.77. The van der Waals surface area contributed by atoms with E-state index < -0.39 is 22.8 Å². The number of ether oxygens (including phenoxy) is 1. The first-order chi connectivity index (χ1) is 13.4. The van der Waals surface area contributed by atoms with E-state index in [4.69, 9.17) is 4.74 Å². The van der Waals surface area contributed by atoms with Crippen molar-refractivity contribution in [3.63, 3.8) is 0 Å². The Kier molecular flexibility index (Phi) is 5.39. The SMILES string of the molecule is CCn1cc(C(=O)O)c(=O)c2cc(F)c(N/N=C\c3ccc(OC)cc3)cc21. The van der Waals surface area contributed by atoms with Gasteiger partial charge < -0.3 is 14.4 Å². The number of aromatic nitrogens is 1. The van der Waals surface area contributed by atoms with E-state index in [2.05, 4.69) is 10.5 Å². The summed E-state index contributed by atoms with van der Waals surface area (Å²) >= 11 is 0. The minimum atomic E-state index is -1.35. The molecule has 0 aliphatic heterocycles. The van der Waals surface area contributed by atoms with Crippen molar-refractivity contribution in [2.24, 2.45) is 5.10 Å². The number of aromatic carboxylic acids is 1. The van der Waals surface area contributed by atoms with Crippen LogP contribution >= 0.6 is 0 Å². The van der Waals surface area contributed by atoms with Gasteiger partial charge in [0.25, 0.3) is 0 Å². The second-order valence-electron chi connectivity index (χ2n) is 5.96. The van der Waals surface area contributed by atoms with Gasteiger partial charge in [-0.1, -0.05) is 0 Å². The number of carboxylic acid groups (broad SMARTS) is 1. The number of nitrogens with one attached hydrogen (secondary N) is 1. The molecule has 0 atom stereocenters. The average molecular weight is 383 g/mol. The summed E-state index contributed by atoms with van der Waals surface area (Å²) in [6.07, 6.45) is 2.78. The highest BCUT2D eigenvalue weighted by Crippen LogP contribution is 2.22. The molecule has 0 aliphatic carbocycles. The smallest absolute Gasteiger partial charge is 0.341 e. The van der Waals surface area contributed by atoms with Gasteiger partial charge in [-0.3, -0.25) is 10.2 Å². The molecule has 0 bridgehead atoms. The highest BCUT2D eigenvalue weighted by molar-refractivity contribution is 5.93. The summed E-state index contributed by atoms with van der Waals surface area (Å²) in [4.78, 5) is 23.6. The standard InChI is InChI=1S/C20H18FN3O4/c1-3-24-11-15(20(26)27)19(25)14-8-16(21)17(9-18(14)24)23-22-10-12-4-6-13(28-2)7-5-12/h4-11,23H,3H2,1-2H3,(H,26,27)/b22-10-. The van der Waals surface area contributed by atoms with Crippen molar-refractivity contribution < 1.29 is 19.0 Å². The number of fused-ring (bicyclic) bond motifs is 1. The Bertz CT molecular complexity index is 1120. The Morgan fingerprint density at radius 2 is 2.04 bits per heavy atom. The summed E-state index contributed by atoms with van der Waals surface area (Å²) in [6.45, 7) is 2.21. The molecule has 0 saturated carbocycles. The van der Waals surface area contributed by atoms with Crippen molar-refractivity contribution >= 4 is 28.8 Å². The van der Waals surface area contributed by atoms with Crippen molar-refractivity contribution in [2.45, 2.75) is 13.5 Å². The van der Waals surface area contributed by atoms with Crippen LogP contribution in [0.5, 0.6) is 5.75 Å². The molecule has 1 aromatic heterocycles. The summed E-state index contributed by atoms with van der Waals surface area (Å²) in [5, 5.41) is 13.2. The van der Waals surface area contributed by atoms with Crippen LogP contribution in [0, 0.1) is 5.82 Å². The second kappa shape index (κ2) is 7.91. The highest BCUT2D eigenvalue weighted by atomic mass is 19.1. The Balaban J connectivity index is 1.96. The first-order valence-corrected chi connectivity index (χ1v) is 8.47. The van der Waals surface area contributed by atoms with Gasteiger partial charge in [0.2, 0.25) is 5.43 Å². The third-order valence-corrected chi connectivity index (χ3v) is 4.25. The normalized spacial score (nSPS) is 11.1. The Labute approximate surface area is 159 Å². The van der Waals surface area contributed by atoms with Crippen LogP contribution in [0.2, 0.25) is 0 Å². The summed E-state index contributed by atoms with van der Waals surface area (Å²) in [5.74, 6) is -1.34. The minimum absolute atomic E-state index is 0.00364.